The van der Waals surface area contributed by atoms with Gasteiger partial charge in [-0.15, -0.1) is 0 Å². The Morgan fingerprint density at radius 3 is 1.36 bits per heavy atom. The molecule has 0 unspecified atom stereocenters. The summed E-state index contributed by atoms with van der Waals surface area (Å²) in [6, 6.07) is 16.5. The van der Waals surface area contributed by atoms with Crippen molar-refractivity contribution in [3.8, 4) is 0 Å². The highest BCUT2D eigenvalue weighted by Crippen LogP contribution is 2.19. The number of rotatable bonds is 10. The highest BCUT2D eigenvalue weighted by molar-refractivity contribution is 8.08. The molecule has 5 nitrogen and oxygen atoms in total. The zero-order valence-electron chi connectivity index (χ0n) is 13.3. The molecular weight excluding hydrogens is 400 g/mol. The normalized spacial score (nSPS) is 12.2. The van der Waals surface area contributed by atoms with Gasteiger partial charge in [-0.3, -0.25) is 0 Å². The van der Waals surface area contributed by atoms with E-state index in [9.17, 15) is 16.8 Å². The molecule has 0 saturated heterocycles. The lowest BCUT2D eigenvalue weighted by Gasteiger charge is -2.05. The first-order chi connectivity index (χ1) is 11.9. The molecule has 0 amide bonds. The largest absolute Gasteiger partial charge is 0.247 e. The second kappa shape index (κ2) is 9.63. The lowest BCUT2D eigenvalue weighted by molar-refractivity contribution is 0.596. The molecule has 0 fully saturated rings. The minimum absolute atomic E-state index is 0.0371. The first kappa shape index (κ1) is 20.3. The highest BCUT2D eigenvalue weighted by atomic mass is 32.2. The summed E-state index contributed by atoms with van der Waals surface area (Å²) >= 11 is 2.02. The van der Waals surface area contributed by atoms with E-state index in [-0.39, 0.29) is 32.8 Å². The van der Waals surface area contributed by atoms with Gasteiger partial charge >= 0.3 is 0 Å². The molecule has 0 heterocycles. The number of sulfone groups is 2. The Bertz CT molecular complexity index is 776. The molecule has 0 bridgehead atoms. The Kier molecular flexibility index (Phi) is 7.82. The smallest absolute Gasteiger partial charge is 0.179 e. The summed E-state index contributed by atoms with van der Waals surface area (Å²) in [5.74, 6) is 0.473. The third-order valence-electron chi connectivity index (χ3n) is 3.17. The van der Waals surface area contributed by atoms with E-state index in [0.717, 1.165) is 24.1 Å². The molecule has 0 atom stereocenters. The van der Waals surface area contributed by atoms with Gasteiger partial charge in [0.25, 0.3) is 0 Å². The van der Waals surface area contributed by atoms with E-state index >= 15 is 0 Å². The van der Waals surface area contributed by atoms with Gasteiger partial charge in [-0.2, -0.15) is 0 Å². The molecule has 2 aromatic carbocycles. The number of hydrogen-bond donors (Lipinski definition) is 0. The maximum absolute atomic E-state index is 12.1. The molecule has 2 aromatic rings. The summed E-state index contributed by atoms with van der Waals surface area (Å²) in [5, 5.41) is 0. The van der Waals surface area contributed by atoms with Crippen LogP contribution in [0.2, 0.25) is 0 Å². The second-order valence-corrected chi connectivity index (χ2v) is 11.0. The van der Waals surface area contributed by atoms with Crippen LogP contribution in [-0.4, -0.2) is 39.8 Å². The van der Waals surface area contributed by atoms with Gasteiger partial charge in [-0.25, -0.2) is 20.5 Å². The van der Waals surface area contributed by atoms with E-state index in [4.69, 9.17) is 3.63 Å². The van der Waals surface area contributed by atoms with Crippen molar-refractivity contribution in [3.05, 3.63) is 60.7 Å². The average Bonchev–Trinajstić information content (AvgIpc) is 2.62. The van der Waals surface area contributed by atoms with Crippen molar-refractivity contribution in [2.24, 2.45) is 0 Å². The number of benzene rings is 2. The van der Waals surface area contributed by atoms with E-state index in [1.54, 1.807) is 60.7 Å². The van der Waals surface area contributed by atoms with Gasteiger partial charge in [0.2, 0.25) is 0 Å². The summed E-state index contributed by atoms with van der Waals surface area (Å²) in [5.41, 5.74) is 0. The standard InChI is InChI=1S/C16H18O5S4/c17-24(18,15-7-3-1-4-8-15)13-11-22-21-23-12-14-25(19,20)16-9-5-2-6-10-16/h1-10H,11-14H2. The van der Waals surface area contributed by atoms with Gasteiger partial charge in [0.1, 0.15) is 0 Å². The van der Waals surface area contributed by atoms with E-state index < -0.39 is 19.7 Å². The molecule has 136 valence electrons. The molecule has 0 spiro atoms. The Labute approximate surface area is 157 Å². The topological polar surface area (TPSA) is 77.5 Å². The fourth-order valence-electron chi connectivity index (χ4n) is 1.88. The predicted molar refractivity (Wildman–Crippen MR) is 103 cm³/mol. The van der Waals surface area contributed by atoms with Gasteiger partial charge in [0, 0.05) is 35.6 Å². The minimum atomic E-state index is -3.32. The van der Waals surface area contributed by atoms with Crippen LogP contribution < -0.4 is 0 Å². The first-order valence-electron chi connectivity index (χ1n) is 7.38. The third-order valence-corrected chi connectivity index (χ3v) is 8.66. The fraction of sp³-hybridized carbons (Fsp3) is 0.250. The van der Waals surface area contributed by atoms with Crippen molar-refractivity contribution >= 4 is 43.8 Å². The quantitative estimate of drug-likeness (QED) is 0.433. The lowest BCUT2D eigenvalue weighted by atomic mass is 10.4. The maximum atomic E-state index is 12.1. The molecular formula is C16H18O5S4. The Hall–Kier alpha value is -1.00. The molecule has 9 heteroatoms. The Morgan fingerprint density at radius 1 is 0.640 bits per heavy atom. The summed E-state index contributed by atoms with van der Waals surface area (Å²) in [6.07, 6.45) is 0. The molecule has 0 aliphatic carbocycles. The molecule has 0 aliphatic rings. The molecule has 2 rings (SSSR count). The highest BCUT2D eigenvalue weighted by Gasteiger charge is 2.15. The van der Waals surface area contributed by atoms with Crippen LogP contribution in [0.25, 0.3) is 0 Å². The maximum Gasteiger partial charge on any atom is 0.179 e. The Balaban J connectivity index is 1.66. The monoisotopic (exact) mass is 418 g/mol. The van der Waals surface area contributed by atoms with Gasteiger partial charge in [-0.05, 0) is 24.3 Å². The van der Waals surface area contributed by atoms with Crippen molar-refractivity contribution < 1.29 is 20.5 Å². The molecule has 0 N–H and O–H groups in total. The van der Waals surface area contributed by atoms with Crippen molar-refractivity contribution in [3.63, 3.8) is 0 Å². The summed E-state index contributed by atoms with van der Waals surface area (Å²) in [7, 11) is -6.64. The SMILES string of the molecule is O=S(=O)(CCSOSCCS(=O)(=O)c1ccccc1)c1ccccc1. The second-order valence-electron chi connectivity index (χ2n) is 4.98. The molecule has 25 heavy (non-hydrogen) atoms. The van der Waals surface area contributed by atoms with Crippen molar-refractivity contribution in [2.45, 2.75) is 9.79 Å². The van der Waals surface area contributed by atoms with Crippen LogP contribution in [0.4, 0.5) is 0 Å². The number of hydrogen-bond acceptors (Lipinski definition) is 7. The van der Waals surface area contributed by atoms with Crippen LogP contribution in [0.15, 0.2) is 70.5 Å². The van der Waals surface area contributed by atoms with E-state index in [2.05, 4.69) is 0 Å². The van der Waals surface area contributed by atoms with Gasteiger partial charge in [-0.1, -0.05) is 36.4 Å². The van der Waals surface area contributed by atoms with Crippen molar-refractivity contribution in [1.82, 2.24) is 0 Å². The first-order valence-corrected chi connectivity index (χ1v) is 12.5. The van der Waals surface area contributed by atoms with Crippen molar-refractivity contribution in [1.29, 1.82) is 0 Å². The molecule has 0 aliphatic heterocycles. The summed E-state index contributed by atoms with van der Waals surface area (Å²) < 4.78 is 53.4. The minimum Gasteiger partial charge on any atom is -0.247 e. The van der Waals surface area contributed by atoms with Crippen LogP contribution in [0.1, 0.15) is 0 Å². The zero-order chi connectivity index (χ0) is 18.2. The van der Waals surface area contributed by atoms with Crippen molar-refractivity contribution in [2.75, 3.05) is 23.0 Å². The van der Waals surface area contributed by atoms with Crippen LogP contribution in [0.5, 0.6) is 0 Å². The third kappa shape index (κ3) is 6.67. The van der Waals surface area contributed by atoms with Gasteiger partial charge in [0.05, 0.1) is 21.3 Å². The van der Waals surface area contributed by atoms with Crippen LogP contribution in [0, 0.1) is 0 Å². The Morgan fingerprint density at radius 2 is 1.00 bits per heavy atom. The zero-order valence-corrected chi connectivity index (χ0v) is 16.5. The van der Waals surface area contributed by atoms with E-state index in [1.807, 2.05) is 0 Å². The van der Waals surface area contributed by atoms with Crippen LogP contribution >= 0.6 is 24.1 Å². The van der Waals surface area contributed by atoms with Gasteiger partial charge < -0.3 is 0 Å². The average molecular weight is 419 g/mol. The van der Waals surface area contributed by atoms with Crippen LogP contribution in [-0.2, 0) is 23.3 Å². The summed E-state index contributed by atoms with van der Waals surface area (Å²) in [4.78, 5) is 0.578. The lowest BCUT2D eigenvalue weighted by Crippen LogP contribution is -2.09. The molecule has 0 saturated carbocycles. The molecule has 0 aromatic heterocycles. The van der Waals surface area contributed by atoms with Gasteiger partial charge in [0.15, 0.2) is 19.7 Å². The summed E-state index contributed by atoms with van der Waals surface area (Å²) in [6.45, 7) is 0. The fourth-order valence-corrected chi connectivity index (χ4v) is 6.61. The van der Waals surface area contributed by atoms with E-state index in [1.165, 1.54) is 0 Å². The molecule has 0 radical (unpaired) electrons. The predicted octanol–water partition coefficient (Wildman–Crippen LogP) is 3.25. The van der Waals surface area contributed by atoms with E-state index in [0.29, 0.717) is 0 Å². The van der Waals surface area contributed by atoms with Crippen LogP contribution in [0.3, 0.4) is 0 Å².